The average molecular weight is 295 g/mol. The van der Waals surface area contributed by atoms with Crippen molar-refractivity contribution in [2.45, 2.75) is 16.5 Å². The Morgan fingerprint density at radius 2 is 1.89 bits per heavy atom. The van der Waals surface area contributed by atoms with Gasteiger partial charge in [-0.05, 0) is 36.0 Å². The van der Waals surface area contributed by atoms with E-state index >= 15 is 0 Å². The molecule has 4 nitrogen and oxygen atoms in total. The van der Waals surface area contributed by atoms with Crippen molar-refractivity contribution in [3.63, 3.8) is 0 Å². The molecule has 19 heavy (non-hydrogen) atoms. The summed E-state index contributed by atoms with van der Waals surface area (Å²) in [4.78, 5) is 11.5. The van der Waals surface area contributed by atoms with Crippen LogP contribution in [-0.2, 0) is 0 Å². The number of halogens is 3. The second-order valence-corrected chi connectivity index (χ2v) is 4.76. The molecule has 1 atom stereocenters. The van der Waals surface area contributed by atoms with Crippen LogP contribution in [0.1, 0.15) is 10.4 Å². The number of nitrogens with one attached hydrogen (secondary N) is 1. The smallest absolute Gasteiger partial charge is 0.394 e. The molecule has 0 aliphatic heterocycles. The minimum absolute atomic E-state index is 0.0144. The topological polar surface area (TPSA) is 69.6 Å². The van der Waals surface area contributed by atoms with Crippen LogP contribution in [-0.4, -0.2) is 40.9 Å². The molecule has 1 amide bonds. The number of hydrogen-bond donors (Lipinski definition) is 3. The molecular formula is C11H12F3NO3S. The molecule has 0 aliphatic rings. The Labute approximate surface area is 111 Å². The summed E-state index contributed by atoms with van der Waals surface area (Å²) in [6.45, 7) is -0.615. The first-order valence-electron chi connectivity index (χ1n) is 5.25. The van der Waals surface area contributed by atoms with Gasteiger partial charge in [0, 0.05) is 17.0 Å². The first-order valence-corrected chi connectivity index (χ1v) is 6.06. The van der Waals surface area contributed by atoms with E-state index in [4.69, 9.17) is 10.2 Å². The standard InChI is InChI=1S/C11H12F3NO3S/c12-11(13,14)19-9-3-1-7(2-4-9)10(18)15-5-8(17)6-16/h1-4,8,16-17H,5-6H2,(H,15,18). The number of amides is 1. The lowest BCUT2D eigenvalue weighted by molar-refractivity contribution is -0.0328. The molecule has 1 rings (SSSR count). The quantitative estimate of drug-likeness (QED) is 0.718. The van der Waals surface area contributed by atoms with Crippen molar-refractivity contribution in [1.82, 2.24) is 5.32 Å². The van der Waals surface area contributed by atoms with Crippen LogP contribution in [0.4, 0.5) is 13.2 Å². The molecular weight excluding hydrogens is 283 g/mol. The van der Waals surface area contributed by atoms with Crippen molar-refractivity contribution in [1.29, 1.82) is 0 Å². The van der Waals surface area contributed by atoms with E-state index in [1.807, 2.05) is 0 Å². The summed E-state index contributed by atoms with van der Waals surface area (Å²) in [7, 11) is 0. The first-order chi connectivity index (χ1) is 8.81. The van der Waals surface area contributed by atoms with Crippen molar-refractivity contribution in [3.8, 4) is 0 Å². The van der Waals surface area contributed by atoms with Crippen LogP contribution >= 0.6 is 11.8 Å². The van der Waals surface area contributed by atoms with Crippen molar-refractivity contribution < 1.29 is 28.2 Å². The van der Waals surface area contributed by atoms with Crippen LogP contribution in [0.2, 0.25) is 0 Å². The van der Waals surface area contributed by atoms with E-state index in [1.165, 1.54) is 24.3 Å². The number of carbonyl (C=O) groups is 1. The number of benzene rings is 1. The third-order valence-corrected chi connectivity index (χ3v) is 2.80. The van der Waals surface area contributed by atoms with Crippen molar-refractivity contribution in [2.75, 3.05) is 13.2 Å². The summed E-state index contributed by atoms with van der Waals surface area (Å²) in [5, 5.41) is 19.9. The predicted molar refractivity (Wildman–Crippen MR) is 63.8 cm³/mol. The maximum Gasteiger partial charge on any atom is 0.446 e. The van der Waals surface area contributed by atoms with Crippen LogP contribution in [0.5, 0.6) is 0 Å². The summed E-state index contributed by atoms with van der Waals surface area (Å²) in [5.74, 6) is -0.531. The largest absolute Gasteiger partial charge is 0.446 e. The number of rotatable bonds is 5. The zero-order chi connectivity index (χ0) is 14.5. The van der Waals surface area contributed by atoms with Crippen molar-refractivity contribution >= 4 is 17.7 Å². The van der Waals surface area contributed by atoms with E-state index in [0.29, 0.717) is 0 Å². The summed E-state index contributed by atoms with van der Waals surface area (Å²) in [6.07, 6.45) is -1.07. The summed E-state index contributed by atoms with van der Waals surface area (Å²) in [5.41, 5.74) is -4.19. The molecule has 0 radical (unpaired) electrons. The molecule has 0 spiro atoms. The monoisotopic (exact) mass is 295 g/mol. The van der Waals surface area contributed by atoms with Crippen LogP contribution in [0.3, 0.4) is 0 Å². The fourth-order valence-electron chi connectivity index (χ4n) is 1.19. The van der Waals surface area contributed by atoms with Crippen molar-refractivity contribution in [3.05, 3.63) is 29.8 Å². The second-order valence-electron chi connectivity index (χ2n) is 3.62. The molecule has 0 bridgehead atoms. The molecule has 0 aromatic heterocycles. The number of aliphatic hydroxyl groups excluding tert-OH is 2. The van der Waals surface area contributed by atoms with Gasteiger partial charge in [-0.15, -0.1) is 0 Å². The van der Waals surface area contributed by atoms with Gasteiger partial charge in [-0.3, -0.25) is 4.79 Å². The Morgan fingerprint density at radius 3 is 2.37 bits per heavy atom. The van der Waals surface area contributed by atoms with Crippen LogP contribution in [0.25, 0.3) is 0 Å². The maximum atomic E-state index is 12.1. The molecule has 106 valence electrons. The lowest BCUT2D eigenvalue weighted by atomic mass is 10.2. The fourth-order valence-corrected chi connectivity index (χ4v) is 1.72. The molecule has 1 unspecified atom stereocenters. The molecule has 1 aromatic carbocycles. The normalized spacial score (nSPS) is 13.1. The van der Waals surface area contributed by atoms with E-state index in [1.54, 1.807) is 0 Å². The van der Waals surface area contributed by atoms with Gasteiger partial charge >= 0.3 is 5.51 Å². The fraction of sp³-hybridized carbons (Fsp3) is 0.364. The molecule has 8 heteroatoms. The molecule has 0 heterocycles. The minimum atomic E-state index is -4.37. The Kier molecular flexibility index (Phi) is 5.64. The average Bonchev–Trinajstić information content (AvgIpc) is 2.34. The summed E-state index contributed by atoms with van der Waals surface area (Å²) >= 11 is -0.262. The van der Waals surface area contributed by atoms with E-state index in [-0.39, 0.29) is 28.8 Å². The lowest BCUT2D eigenvalue weighted by Gasteiger charge is -2.09. The molecule has 0 aliphatic carbocycles. The highest BCUT2D eigenvalue weighted by atomic mass is 32.2. The van der Waals surface area contributed by atoms with E-state index in [0.717, 1.165) is 0 Å². The zero-order valence-corrected chi connectivity index (χ0v) is 10.5. The summed E-state index contributed by atoms with van der Waals surface area (Å²) < 4.78 is 36.2. The highest BCUT2D eigenvalue weighted by molar-refractivity contribution is 8.00. The van der Waals surface area contributed by atoms with Gasteiger partial charge < -0.3 is 15.5 Å². The van der Waals surface area contributed by atoms with Gasteiger partial charge in [0.05, 0.1) is 12.7 Å². The number of thioether (sulfide) groups is 1. The van der Waals surface area contributed by atoms with Crippen molar-refractivity contribution in [2.24, 2.45) is 0 Å². The van der Waals surface area contributed by atoms with Gasteiger partial charge in [0.1, 0.15) is 0 Å². The minimum Gasteiger partial charge on any atom is -0.394 e. The van der Waals surface area contributed by atoms with Gasteiger partial charge in [0.2, 0.25) is 0 Å². The SMILES string of the molecule is O=C(NCC(O)CO)c1ccc(SC(F)(F)F)cc1. The Balaban J connectivity index is 2.58. The third-order valence-electron chi connectivity index (χ3n) is 2.06. The van der Waals surface area contributed by atoms with Gasteiger partial charge in [0.25, 0.3) is 5.91 Å². The molecule has 0 saturated heterocycles. The van der Waals surface area contributed by atoms with Gasteiger partial charge in [-0.25, -0.2) is 0 Å². The van der Waals surface area contributed by atoms with Crippen LogP contribution in [0.15, 0.2) is 29.2 Å². The molecule has 3 N–H and O–H groups in total. The van der Waals surface area contributed by atoms with E-state index < -0.39 is 24.1 Å². The zero-order valence-electron chi connectivity index (χ0n) is 9.65. The number of alkyl halides is 3. The predicted octanol–water partition coefficient (Wildman–Crippen LogP) is 1.38. The number of carbonyl (C=O) groups excluding carboxylic acids is 1. The second kappa shape index (κ2) is 6.78. The van der Waals surface area contributed by atoms with E-state index in [9.17, 15) is 18.0 Å². The Hall–Kier alpha value is -1.25. The van der Waals surface area contributed by atoms with Gasteiger partial charge in [-0.2, -0.15) is 13.2 Å². The molecule has 0 fully saturated rings. The Bertz CT molecular complexity index is 422. The van der Waals surface area contributed by atoms with E-state index in [2.05, 4.69) is 5.32 Å². The molecule has 0 saturated carbocycles. The summed E-state index contributed by atoms with van der Waals surface area (Å²) in [6, 6.07) is 4.90. The van der Waals surface area contributed by atoms with Gasteiger partial charge in [0.15, 0.2) is 0 Å². The number of hydrogen-bond acceptors (Lipinski definition) is 4. The highest BCUT2D eigenvalue weighted by Gasteiger charge is 2.29. The molecule has 1 aromatic rings. The Morgan fingerprint density at radius 1 is 1.32 bits per heavy atom. The van der Waals surface area contributed by atoms with Crippen LogP contribution < -0.4 is 5.32 Å². The third kappa shape index (κ3) is 5.95. The maximum absolute atomic E-state index is 12.1. The highest BCUT2D eigenvalue weighted by Crippen LogP contribution is 2.36. The first kappa shape index (κ1) is 15.8. The lowest BCUT2D eigenvalue weighted by Crippen LogP contribution is -2.33. The number of aliphatic hydroxyl groups is 2. The van der Waals surface area contributed by atoms with Gasteiger partial charge in [-0.1, -0.05) is 0 Å². The van der Waals surface area contributed by atoms with Crippen LogP contribution in [0, 0.1) is 0 Å².